The van der Waals surface area contributed by atoms with E-state index < -0.39 is 7.25 Å². The minimum atomic E-state index is -6.00. The van der Waals surface area contributed by atoms with Crippen LogP contribution in [-0.2, 0) is 10.8 Å². The zero-order valence-corrected chi connectivity index (χ0v) is 18.2. The van der Waals surface area contributed by atoms with E-state index >= 15 is 0 Å². The monoisotopic (exact) mass is 480 g/mol. The maximum atomic E-state index is 9.75. The zero-order valence-electron chi connectivity index (χ0n) is 16.1. The van der Waals surface area contributed by atoms with Crippen LogP contribution in [0.2, 0.25) is 0 Å². The van der Waals surface area contributed by atoms with Crippen molar-refractivity contribution in [3.63, 3.8) is 0 Å². The minimum absolute atomic E-state index is 0.147. The smallest absolute Gasteiger partial charge is 0.418 e. The topological polar surface area (TPSA) is 0 Å². The molecule has 0 N–H and O–H groups in total. The quantitative estimate of drug-likeness (QED) is 0.350. The second-order valence-corrected chi connectivity index (χ2v) is 10.9. The molecular weight excluding hydrogens is 454 g/mol. The Labute approximate surface area is 164 Å². The molecule has 6 heteroatoms. The molecule has 0 aliphatic heterocycles. The van der Waals surface area contributed by atoms with Gasteiger partial charge in [-0.25, -0.2) is 0 Å². The van der Waals surface area contributed by atoms with Crippen LogP contribution in [-0.4, -0.2) is 7.25 Å². The van der Waals surface area contributed by atoms with Crippen molar-refractivity contribution in [2.45, 2.75) is 52.4 Å². The Kier molecular flexibility index (Phi) is 7.75. The third kappa shape index (κ3) is 8.10. The SMILES string of the molecule is CC(C)(C)c1ccccc1[I+]c1ccccc1C(C)(C)C.F[B-](F)(F)F. The van der Waals surface area contributed by atoms with Crippen molar-refractivity contribution in [1.82, 2.24) is 0 Å². The maximum Gasteiger partial charge on any atom is 0.673 e. The van der Waals surface area contributed by atoms with Gasteiger partial charge in [-0.3, -0.25) is 0 Å². The summed E-state index contributed by atoms with van der Waals surface area (Å²) in [5.74, 6) is 0. The second kappa shape index (κ2) is 8.76. The lowest BCUT2D eigenvalue weighted by atomic mass is 9.87. The third-order valence-electron chi connectivity index (χ3n) is 3.57. The Balaban J connectivity index is 0.000000597. The third-order valence-corrected chi connectivity index (χ3v) is 6.61. The highest BCUT2D eigenvalue weighted by Gasteiger charge is 2.30. The molecule has 0 fully saturated rings. The van der Waals surface area contributed by atoms with Crippen molar-refractivity contribution in [3.8, 4) is 0 Å². The average Bonchev–Trinajstić information content (AvgIpc) is 2.44. The Hall–Kier alpha value is -1.05. The predicted molar refractivity (Wildman–Crippen MR) is 97.9 cm³/mol. The summed E-state index contributed by atoms with van der Waals surface area (Å²) in [6, 6.07) is 18.0. The molecule has 0 heterocycles. The van der Waals surface area contributed by atoms with Crippen molar-refractivity contribution >= 4 is 7.25 Å². The molecule has 0 radical (unpaired) electrons. The Bertz CT molecular complexity index is 651. The summed E-state index contributed by atoms with van der Waals surface area (Å²) in [5, 5.41) is 0. The highest BCUT2D eigenvalue weighted by molar-refractivity contribution is 6.50. The van der Waals surface area contributed by atoms with Gasteiger partial charge < -0.3 is 17.3 Å². The molecule has 2 aromatic carbocycles. The number of benzene rings is 2. The molecule has 0 amide bonds. The molecular formula is C20H26BF4I. The van der Waals surface area contributed by atoms with Gasteiger partial charge in [0.1, 0.15) is 0 Å². The lowest BCUT2D eigenvalue weighted by Crippen LogP contribution is -3.62. The van der Waals surface area contributed by atoms with Gasteiger partial charge in [-0.2, -0.15) is 0 Å². The Morgan fingerprint density at radius 2 is 0.885 bits per heavy atom. The fourth-order valence-corrected chi connectivity index (χ4v) is 6.37. The van der Waals surface area contributed by atoms with Crippen molar-refractivity contribution in [2.75, 3.05) is 0 Å². The van der Waals surface area contributed by atoms with Gasteiger partial charge in [0, 0.05) is 11.1 Å². The van der Waals surface area contributed by atoms with Crippen molar-refractivity contribution < 1.29 is 38.5 Å². The first kappa shape index (κ1) is 23.0. The van der Waals surface area contributed by atoms with E-state index in [1.54, 1.807) is 7.14 Å². The molecule has 0 unspecified atom stereocenters. The molecule has 0 bridgehead atoms. The molecule has 0 aliphatic carbocycles. The highest BCUT2D eigenvalue weighted by Crippen LogP contribution is 2.23. The summed E-state index contributed by atoms with van der Waals surface area (Å²) < 4.78 is 42.1. The van der Waals surface area contributed by atoms with E-state index in [4.69, 9.17) is 0 Å². The van der Waals surface area contributed by atoms with E-state index in [1.807, 2.05) is 0 Å². The summed E-state index contributed by atoms with van der Waals surface area (Å²) in [5.41, 5.74) is 3.43. The standard InChI is InChI=1S/C20H26I.BF4/c1-19(2,3)15-11-7-9-13-17(15)21-18-14-10-8-12-16(18)20(4,5)6;2-1(3,4)5/h7-14H,1-6H3;/q+1;-1. The first-order valence-electron chi connectivity index (χ1n) is 8.41. The van der Waals surface area contributed by atoms with Gasteiger partial charge in [0.2, 0.25) is 0 Å². The van der Waals surface area contributed by atoms with Crippen LogP contribution in [0, 0.1) is 7.14 Å². The first-order chi connectivity index (χ1) is 11.7. The van der Waals surface area contributed by atoms with Gasteiger partial charge in [0.15, 0.2) is 7.14 Å². The maximum absolute atomic E-state index is 9.75. The average molecular weight is 480 g/mol. The van der Waals surface area contributed by atoms with Crippen LogP contribution in [0.1, 0.15) is 52.7 Å². The van der Waals surface area contributed by atoms with Crippen LogP contribution in [0.3, 0.4) is 0 Å². The summed E-state index contributed by atoms with van der Waals surface area (Å²) in [4.78, 5) is 0. The van der Waals surface area contributed by atoms with Crippen LogP contribution < -0.4 is 21.2 Å². The van der Waals surface area contributed by atoms with Gasteiger partial charge in [-0.15, -0.1) is 0 Å². The van der Waals surface area contributed by atoms with Gasteiger partial charge in [-0.1, -0.05) is 77.9 Å². The van der Waals surface area contributed by atoms with Crippen LogP contribution >= 0.6 is 0 Å². The molecule has 0 aliphatic rings. The molecule has 0 atom stereocenters. The summed E-state index contributed by atoms with van der Waals surface area (Å²) in [6.07, 6.45) is 0. The van der Waals surface area contributed by atoms with Gasteiger partial charge in [-0.05, 0) is 23.0 Å². The largest absolute Gasteiger partial charge is 0.673 e. The number of hydrogen-bond donors (Lipinski definition) is 0. The van der Waals surface area contributed by atoms with Crippen LogP contribution in [0.15, 0.2) is 48.5 Å². The molecule has 0 spiro atoms. The number of halogens is 5. The van der Waals surface area contributed by atoms with Gasteiger partial charge in [0.25, 0.3) is 0 Å². The Morgan fingerprint density at radius 1 is 0.615 bits per heavy atom. The second-order valence-electron chi connectivity index (χ2n) is 8.05. The van der Waals surface area contributed by atoms with E-state index in [1.165, 1.54) is 11.1 Å². The molecule has 2 rings (SSSR count). The molecule has 0 nitrogen and oxygen atoms in total. The van der Waals surface area contributed by atoms with E-state index in [2.05, 4.69) is 90.1 Å². The minimum Gasteiger partial charge on any atom is -0.418 e. The lowest BCUT2D eigenvalue weighted by Gasteiger charge is -2.20. The summed E-state index contributed by atoms with van der Waals surface area (Å²) in [6.45, 7) is 13.9. The van der Waals surface area contributed by atoms with E-state index in [0.717, 1.165) is 0 Å². The predicted octanol–water partition coefficient (Wildman–Crippen LogP) is 3.71. The van der Waals surface area contributed by atoms with E-state index in [9.17, 15) is 17.3 Å². The van der Waals surface area contributed by atoms with E-state index in [0.29, 0.717) is 0 Å². The van der Waals surface area contributed by atoms with Crippen molar-refractivity contribution in [3.05, 3.63) is 66.8 Å². The van der Waals surface area contributed by atoms with E-state index in [-0.39, 0.29) is 32.0 Å². The lowest BCUT2D eigenvalue weighted by molar-refractivity contribution is -0.599. The van der Waals surface area contributed by atoms with Gasteiger partial charge >= 0.3 is 28.5 Å². The molecule has 0 saturated carbocycles. The molecule has 26 heavy (non-hydrogen) atoms. The highest BCUT2D eigenvalue weighted by atomic mass is 127. The normalized spacial score (nSPS) is 12.4. The molecule has 0 aromatic heterocycles. The number of rotatable bonds is 2. The zero-order chi connectivity index (χ0) is 20.2. The fourth-order valence-electron chi connectivity index (χ4n) is 2.41. The fraction of sp³-hybridized carbons (Fsp3) is 0.400. The Morgan fingerprint density at radius 3 is 1.15 bits per heavy atom. The van der Waals surface area contributed by atoms with Crippen molar-refractivity contribution in [1.29, 1.82) is 0 Å². The van der Waals surface area contributed by atoms with Crippen LogP contribution in [0.4, 0.5) is 17.3 Å². The van der Waals surface area contributed by atoms with Crippen LogP contribution in [0.25, 0.3) is 0 Å². The molecule has 0 saturated heterocycles. The van der Waals surface area contributed by atoms with Crippen molar-refractivity contribution in [2.24, 2.45) is 0 Å². The summed E-state index contributed by atoms with van der Waals surface area (Å²) >= 11 is -0.147. The molecule has 2 aromatic rings. The van der Waals surface area contributed by atoms with Crippen LogP contribution in [0.5, 0.6) is 0 Å². The first-order valence-corrected chi connectivity index (χ1v) is 10.6. The number of hydrogen-bond acceptors (Lipinski definition) is 0. The summed E-state index contributed by atoms with van der Waals surface area (Å²) in [7, 11) is -6.00. The molecule has 144 valence electrons. The van der Waals surface area contributed by atoms with Gasteiger partial charge in [0.05, 0.1) is 0 Å².